The molecule has 1 amide bonds. The molecule has 0 bridgehead atoms. The van der Waals surface area contributed by atoms with Crippen LogP contribution in [-0.2, 0) is 11.3 Å². The Morgan fingerprint density at radius 3 is 2.88 bits per heavy atom. The topological polar surface area (TPSA) is 83.8 Å². The highest BCUT2D eigenvalue weighted by Gasteiger charge is 2.01. The predicted octanol–water partition coefficient (Wildman–Crippen LogP) is 0.935. The van der Waals surface area contributed by atoms with E-state index in [0.717, 1.165) is 37.8 Å². The minimum atomic E-state index is 0.106. The maximum Gasteiger partial charge on any atom is 0.220 e. The fourth-order valence-electron chi connectivity index (χ4n) is 1.45. The number of aromatic amines is 1. The highest BCUT2D eigenvalue weighted by molar-refractivity contribution is 5.75. The van der Waals surface area contributed by atoms with Crippen LogP contribution in [-0.4, -0.2) is 22.6 Å². The average Bonchev–Trinajstić information content (AvgIpc) is 2.79. The van der Waals surface area contributed by atoms with E-state index in [1.165, 1.54) is 0 Å². The van der Waals surface area contributed by atoms with Gasteiger partial charge in [0, 0.05) is 24.7 Å². The number of unbranched alkanes of at least 4 members (excludes halogenated alkanes) is 3. The van der Waals surface area contributed by atoms with Gasteiger partial charge in [0.15, 0.2) is 0 Å². The molecule has 1 aromatic rings. The summed E-state index contributed by atoms with van der Waals surface area (Å²) in [5.74, 6) is 0.106. The molecule has 0 aromatic carbocycles. The summed E-state index contributed by atoms with van der Waals surface area (Å²) in [4.78, 5) is 11.4. The summed E-state index contributed by atoms with van der Waals surface area (Å²) < 4.78 is 0. The monoisotopic (exact) mass is 224 g/mol. The molecule has 90 valence electrons. The van der Waals surface area contributed by atoms with Crippen molar-refractivity contribution >= 4 is 5.91 Å². The predicted molar refractivity (Wildman–Crippen MR) is 62.6 cm³/mol. The summed E-state index contributed by atoms with van der Waals surface area (Å²) in [6.45, 7) is 1.30. The smallest absolute Gasteiger partial charge is 0.220 e. The number of nitrogens with zero attached hydrogens (tertiary/aromatic N) is 1. The van der Waals surface area contributed by atoms with Gasteiger partial charge in [0.1, 0.15) is 0 Å². The lowest BCUT2D eigenvalue weighted by Gasteiger charge is -2.03. The van der Waals surface area contributed by atoms with Gasteiger partial charge in [0.2, 0.25) is 5.91 Å². The molecule has 1 heterocycles. The van der Waals surface area contributed by atoms with Crippen LogP contribution >= 0.6 is 0 Å². The minimum Gasteiger partial charge on any atom is -0.352 e. The molecule has 0 atom stereocenters. The van der Waals surface area contributed by atoms with Crippen LogP contribution in [0.2, 0.25) is 0 Å². The Morgan fingerprint density at radius 2 is 2.19 bits per heavy atom. The second-order valence-corrected chi connectivity index (χ2v) is 3.84. The van der Waals surface area contributed by atoms with Gasteiger partial charge in [-0.15, -0.1) is 0 Å². The van der Waals surface area contributed by atoms with Gasteiger partial charge in [-0.2, -0.15) is 5.10 Å². The molecular formula is C11H20N4O. The number of aromatic nitrogens is 2. The molecule has 0 radical (unpaired) electrons. The van der Waals surface area contributed by atoms with Crippen molar-refractivity contribution in [3.63, 3.8) is 0 Å². The zero-order valence-electron chi connectivity index (χ0n) is 9.54. The lowest BCUT2D eigenvalue weighted by molar-refractivity contribution is -0.121. The number of H-pyrrole nitrogens is 1. The lowest BCUT2D eigenvalue weighted by Crippen LogP contribution is -2.22. The maximum atomic E-state index is 11.4. The second-order valence-electron chi connectivity index (χ2n) is 3.84. The van der Waals surface area contributed by atoms with Crippen molar-refractivity contribution in [1.82, 2.24) is 15.5 Å². The first-order chi connectivity index (χ1) is 7.83. The fourth-order valence-corrected chi connectivity index (χ4v) is 1.45. The number of hydrogen-bond acceptors (Lipinski definition) is 3. The Hall–Kier alpha value is -1.36. The number of hydrogen-bond donors (Lipinski definition) is 3. The Kier molecular flexibility index (Phi) is 6.25. The molecule has 4 N–H and O–H groups in total. The minimum absolute atomic E-state index is 0.106. The number of nitrogens with one attached hydrogen (secondary N) is 2. The van der Waals surface area contributed by atoms with E-state index in [1.807, 2.05) is 0 Å². The zero-order valence-corrected chi connectivity index (χ0v) is 9.54. The standard InChI is InChI=1S/C11H20N4O/c12-6-4-2-1-3-5-11(16)13-7-10-8-14-15-9-10/h8-9H,1-7,12H2,(H,13,16)(H,14,15). The summed E-state index contributed by atoms with van der Waals surface area (Å²) >= 11 is 0. The van der Waals surface area contributed by atoms with Gasteiger partial charge >= 0.3 is 0 Å². The summed E-state index contributed by atoms with van der Waals surface area (Å²) in [5, 5.41) is 9.37. The summed E-state index contributed by atoms with van der Waals surface area (Å²) in [6, 6.07) is 0. The van der Waals surface area contributed by atoms with Gasteiger partial charge < -0.3 is 11.1 Å². The van der Waals surface area contributed by atoms with Crippen molar-refractivity contribution < 1.29 is 4.79 Å². The van der Waals surface area contributed by atoms with Gasteiger partial charge in [0.25, 0.3) is 0 Å². The van der Waals surface area contributed by atoms with E-state index >= 15 is 0 Å². The number of rotatable bonds is 8. The van der Waals surface area contributed by atoms with Crippen molar-refractivity contribution in [3.05, 3.63) is 18.0 Å². The van der Waals surface area contributed by atoms with Crippen LogP contribution in [0.1, 0.15) is 37.7 Å². The number of nitrogens with two attached hydrogens (primary N) is 1. The van der Waals surface area contributed by atoms with Gasteiger partial charge in [0.05, 0.1) is 6.20 Å². The third-order valence-corrected chi connectivity index (χ3v) is 2.40. The van der Waals surface area contributed by atoms with Crippen molar-refractivity contribution in [1.29, 1.82) is 0 Å². The Morgan fingerprint density at radius 1 is 1.38 bits per heavy atom. The molecule has 0 spiro atoms. The van der Waals surface area contributed by atoms with Crippen molar-refractivity contribution in [2.75, 3.05) is 6.54 Å². The zero-order chi connectivity index (χ0) is 11.6. The van der Waals surface area contributed by atoms with Gasteiger partial charge in [-0.3, -0.25) is 9.89 Å². The van der Waals surface area contributed by atoms with E-state index in [2.05, 4.69) is 15.5 Å². The molecule has 16 heavy (non-hydrogen) atoms. The number of amides is 1. The average molecular weight is 224 g/mol. The molecule has 5 heteroatoms. The van der Waals surface area contributed by atoms with E-state index in [9.17, 15) is 4.79 Å². The Labute approximate surface area is 95.8 Å². The van der Waals surface area contributed by atoms with Crippen LogP contribution in [0, 0.1) is 0 Å². The molecule has 0 aliphatic carbocycles. The van der Waals surface area contributed by atoms with Crippen LogP contribution < -0.4 is 11.1 Å². The first kappa shape index (κ1) is 12.7. The van der Waals surface area contributed by atoms with E-state index in [1.54, 1.807) is 12.4 Å². The molecule has 0 saturated carbocycles. The molecule has 0 aliphatic heterocycles. The highest BCUT2D eigenvalue weighted by atomic mass is 16.1. The van der Waals surface area contributed by atoms with Crippen LogP contribution in [0.3, 0.4) is 0 Å². The van der Waals surface area contributed by atoms with E-state index in [-0.39, 0.29) is 5.91 Å². The third kappa shape index (κ3) is 5.50. The molecular weight excluding hydrogens is 204 g/mol. The molecule has 1 aromatic heterocycles. The summed E-state index contributed by atoms with van der Waals surface area (Å²) in [6.07, 6.45) is 8.28. The van der Waals surface area contributed by atoms with E-state index in [4.69, 9.17) is 5.73 Å². The largest absolute Gasteiger partial charge is 0.352 e. The van der Waals surface area contributed by atoms with Crippen LogP contribution in [0.4, 0.5) is 0 Å². The summed E-state index contributed by atoms with van der Waals surface area (Å²) in [7, 11) is 0. The fraction of sp³-hybridized carbons (Fsp3) is 0.636. The Balaban J connectivity index is 1.99. The van der Waals surface area contributed by atoms with Crippen LogP contribution in [0.5, 0.6) is 0 Å². The number of carbonyl (C=O) groups excluding carboxylic acids is 1. The van der Waals surface area contributed by atoms with Gasteiger partial charge in [-0.05, 0) is 19.4 Å². The third-order valence-electron chi connectivity index (χ3n) is 2.40. The first-order valence-corrected chi connectivity index (χ1v) is 5.77. The Bertz CT molecular complexity index is 284. The van der Waals surface area contributed by atoms with Crippen molar-refractivity contribution in [3.8, 4) is 0 Å². The van der Waals surface area contributed by atoms with E-state index in [0.29, 0.717) is 13.0 Å². The SMILES string of the molecule is NCCCCCCC(=O)NCc1cn[nH]c1. The van der Waals surface area contributed by atoms with E-state index < -0.39 is 0 Å². The number of carbonyl (C=O) groups is 1. The van der Waals surface area contributed by atoms with Gasteiger partial charge in [-0.1, -0.05) is 12.8 Å². The van der Waals surface area contributed by atoms with Gasteiger partial charge in [-0.25, -0.2) is 0 Å². The molecule has 5 nitrogen and oxygen atoms in total. The van der Waals surface area contributed by atoms with Crippen molar-refractivity contribution in [2.45, 2.75) is 38.6 Å². The molecule has 1 rings (SSSR count). The molecule has 0 unspecified atom stereocenters. The quantitative estimate of drug-likeness (QED) is 0.574. The summed E-state index contributed by atoms with van der Waals surface area (Å²) in [5.41, 5.74) is 6.38. The molecule has 0 fully saturated rings. The first-order valence-electron chi connectivity index (χ1n) is 5.77. The van der Waals surface area contributed by atoms with Crippen molar-refractivity contribution in [2.24, 2.45) is 5.73 Å². The lowest BCUT2D eigenvalue weighted by atomic mass is 10.1. The van der Waals surface area contributed by atoms with Crippen LogP contribution in [0.15, 0.2) is 12.4 Å². The molecule has 0 aliphatic rings. The maximum absolute atomic E-state index is 11.4. The second kappa shape index (κ2) is 7.87. The van der Waals surface area contributed by atoms with Crippen LogP contribution in [0.25, 0.3) is 0 Å². The highest BCUT2D eigenvalue weighted by Crippen LogP contribution is 2.02. The molecule has 0 saturated heterocycles. The normalized spacial score (nSPS) is 10.3.